The Hall–Kier alpha value is -2.84. The van der Waals surface area contributed by atoms with Crippen LogP contribution in [0.25, 0.3) is 6.08 Å². The largest absolute Gasteiger partial charge is 0.495 e. The van der Waals surface area contributed by atoms with Crippen LogP contribution >= 0.6 is 24.0 Å². The van der Waals surface area contributed by atoms with E-state index >= 15 is 0 Å². The zero-order chi connectivity index (χ0) is 20.1. The van der Waals surface area contributed by atoms with Crippen molar-refractivity contribution in [1.82, 2.24) is 4.90 Å². The number of thiocarbonyl (C=S) groups is 1. The van der Waals surface area contributed by atoms with Gasteiger partial charge in [-0.2, -0.15) is 0 Å². The quantitative estimate of drug-likeness (QED) is 0.439. The van der Waals surface area contributed by atoms with Crippen molar-refractivity contribution < 1.29 is 19.1 Å². The molecule has 0 aliphatic carbocycles. The summed E-state index contributed by atoms with van der Waals surface area (Å²) in [6, 6.07) is 14.3. The van der Waals surface area contributed by atoms with Crippen LogP contribution in [0.2, 0.25) is 0 Å². The van der Waals surface area contributed by atoms with Crippen molar-refractivity contribution in [2.24, 2.45) is 0 Å². The fourth-order valence-corrected chi connectivity index (χ4v) is 3.83. The van der Waals surface area contributed by atoms with Gasteiger partial charge in [-0.05, 0) is 35.9 Å². The molecule has 1 aliphatic rings. The van der Waals surface area contributed by atoms with Gasteiger partial charge in [-0.3, -0.25) is 9.69 Å². The number of anilines is 1. The van der Waals surface area contributed by atoms with E-state index in [-0.39, 0.29) is 12.6 Å². The second-order valence-corrected chi connectivity index (χ2v) is 7.43. The van der Waals surface area contributed by atoms with E-state index in [1.54, 1.807) is 37.5 Å². The van der Waals surface area contributed by atoms with Gasteiger partial charge in [0, 0.05) is 0 Å². The maximum atomic E-state index is 12.7. The molecule has 28 heavy (non-hydrogen) atoms. The van der Waals surface area contributed by atoms with Crippen molar-refractivity contribution in [3.05, 3.63) is 64.6 Å². The van der Waals surface area contributed by atoms with E-state index in [2.05, 4.69) is 10.1 Å². The zero-order valence-corrected chi connectivity index (χ0v) is 16.9. The lowest BCUT2D eigenvalue weighted by atomic mass is 10.1. The second kappa shape index (κ2) is 8.90. The highest BCUT2D eigenvalue weighted by molar-refractivity contribution is 8.26. The molecule has 0 radical (unpaired) electrons. The minimum atomic E-state index is -0.403. The number of para-hydroxylation sites is 2. The smallest absolute Gasteiger partial charge is 0.337 e. The average Bonchev–Trinajstić information content (AvgIpc) is 2.99. The lowest BCUT2D eigenvalue weighted by Crippen LogP contribution is -2.33. The first-order valence-electron chi connectivity index (χ1n) is 8.34. The van der Waals surface area contributed by atoms with Crippen LogP contribution in [-0.4, -0.2) is 42.0 Å². The van der Waals surface area contributed by atoms with Gasteiger partial charge in [-0.25, -0.2) is 4.79 Å². The van der Waals surface area contributed by atoms with Gasteiger partial charge in [0.25, 0.3) is 5.91 Å². The molecule has 6 nitrogen and oxygen atoms in total. The maximum Gasteiger partial charge on any atom is 0.337 e. The number of rotatable bonds is 6. The number of methoxy groups -OCH3 is 2. The number of ether oxygens (including phenoxy) is 2. The Morgan fingerprint density at radius 2 is 1.89 bits per heavy atom. The fraction of sp³-hybridized carbons (Fsp3) is 0.150. The predicted octanol–water partition coefficient (Wildman–Crippen LogP) is 3.75. The van der Waals surface area contributed by atoms with Crippen LogP contribution < -0.4 is 10.1 Å². The molecule has 144 valence electrons. The monoisotopic (exact) mass is 414 g/mol. The topological polar surface area (TPSA) is 67.9 Å². The molecule has 1 heterocycles. The number of hydrogen-bond acceptors (Lipinski definition) is 7. The number of carbonyl (C=O) groups is 2. The van der Waals surface area contributed by atoms with Gasteiger partial charge < -0.3 is 14.8 Å². The normalized spacial score (nSPS) is 15.1. The van der Waals surface area contributed by atoms with Crippen LogP contribution in [0.5, 0.6) is 5.75 Å². The third-order valence-corrected chi connectivity index (χ3v) is 5.42. The number of esters is 1. The Morgan fingerprint density at radius 3 is 2.57 bits per heavy atom. The molecule has 1 N–H and O–H groups in total. The standard InChI is InChI=1S/C20H18N2O4S2/c1-25-16-6-4-3-5-15(16)21-12-22-18(23)17(28-20(22)27)11-13-7-9-14(10-8-13)19(24)26-2/h3-11,21H,12H2,1-2H3. The van der Waals surface area contributed by atoms with E-state index in [1.807, 2.05) is 24.3 Å². The lowest BCUT2D eigenvalue weighted by molar-refractivity contribution is -0.121. The molecule has 2 aromatic rings. The Kier molecular flexibility index (Phi) is 6.33. The summed E-state index contributed by atoms with van der Waals surface area (Å²) in [4.78, 5) is 26.3. The SMILES string of the molecule is COC(=O)c1ccc(C=C2SC(=S)N(CNc3ccccc3OC)C2=O)cc1. The van der Waals surface area contributed by atoms with Crippen LogP contribution in [-0.2, 0) is 9.53 Å². The van der Waals surface area contributed by atoms with Crippen molar-refractivity contribution >= 4 is 51.9 Å². The number of nitrogens with zero attached hydrogens (tertiary/aromatic N) is 1. The predicted molar refractivity (Wildman–Crippen MR) is 114 cm³/mol. The number of carbonyl (C=O) groups excluding carboxylic acids is 2. The first-order chi connectivity index (χ1) is 13.5. The molecule has 0 spiro atoms. The van der Waals surface area contributed by atoms with E-state index in [0.717, 1.165) is 11.3 Å². The number of thioether (sulfide) groups is 1. The van der Waals surface area contributed by atoms with E-state index < -0.39 is 5.97 Å². The zero-order valence-electron chi connectivity index (χ0n) is 15.3. The van der Waals surface area contributed by atoms with Gasteiger partial charge in [-0.1, -0.05) is 48.2 Å². The molecular weight excluding hydrogens is 396 g/mol. The van der Waals surface area contributed by atoms with Crippen molar-refractivity contribution in [1.29, 1.82) is 0 Å². The van der Waals surface area contributed by atoms with Gasteiger partial charge in [0.15, 0.2) is 0 Å². The minimum Gasteiger partial charge on any atom is -0.495 e. The Bertz CT molecular complexity index is 941. The van der Waals surface area contributed by atoms with Gasteiger partial charge in [0.2, 0.25) is 0 Å². The highest BCUT2D eigenvalue weighted by atomic mass is 32.2. The van der Waals surface area contributed by atoms with Crippen LogP contribution in [0.15, 0.2) is 53.4 Å². The summed E-state index contributed by atoms with van der Waals surface area (Å²) < 4.78 is 10.5. The number of nitrogens with one attached hydrogen (secondary N) is 1. The average molecular weight is 415 g/mol. The third-order valence-electron chi connectivity index (χ3n) is 4.04. The van der Waals surface area contributed by atoms with Gasteiger partial charge in [0.05, 0.1) is 37.0 Å². The fourth-order valence-electron chi connectivity index (χ4n) is 2.58. The van der Waals surface area contributed by atoms with Gasteiger partial charge >= 0.3 is 5.97 Å². The van der Waals surface area contributed by atoms with E-state index in [0.29, 0.717) is 20.5 Å². The highest BCUT2D eigenvalue weighted by Crippen LogP contribution is 2.33. The molecule has 0 atom stereocenters. The van der Waals surface area contributed by atoms with E-state index in [9.17, 15) is 9.59 Å². The summed E-state index contributed by atoms with van der Waals surface area (Å²) in [5.41, 5.74) is 2.03. The van der Waals surface area contributed by atoms with Crippen molar-refractivity contribution in [2.75, 3.05) is 26.2 Å². The lowest BCUT2D eigenvalue weighted by Gasteiger charge is -2.17. The molecule has 1 fully saturated rings. The third kappa shape index (κ3) is 4.35. The first kappa shape index (κ1) is 19.9. The van der Waals surface area contributed by atoms with Crippen LogP contribution in [0.4, 0.5) is 5.69 Å². The summed E-state index contributed by atoms with van der Waals surface area (Å²) >= 11 is 6.60. The van der Waals surface area contributed by atoms with Crippen molar-refractivity contribution in [3.8, 4) is 5.75 Å². The first-order valence-corrected chi connectivity index (χ1v) is 9.56. The Morgan fingerprint density at radius 1 is 1.18 bits per heavy atom. The van der Waals surface area contributed by atoms with Crippen LogP contribution in [0.1, 0.15) is 15.9 Å². The van der Waals surface area contributed by atoms with Crippen LogP contribution in [0.3, 0.4) is 0 Å². The Balaban J connectivity index is 1.70. The molecule has 3 rings (SSSR count). The van der Waals surface area contributed by atoms with Gasteiger partial charge in [0.1, 0.15) is 10.1 Å². The molecule has 0 bridgehead atoms. The summed E-state index contributed by atoms with van der Waals surface area (Å²) in [6.07, 6.45) is 1.75. The van der Waals surface area contributed by atoms with Crippen molar-refractivity contribution in [3.63, 3.8) is 0 Å². The molecular formula is C20H18N2O4S2. The summed E-state index contributed by atoms with van der Waals surface area (Å²) in [6.45, 7) is 0.240. The number of hydrogen-bond donors (Lipinski definition) is 1. The molecule has 0 unspecified atom stereocenters. The molecule has 1 amide bonds. The Labute approximate surface area is 172 Å². The maximum absolute atomic E-state index is 12.7. The molecule has 0 aromatic heterocycles. The second-order valence-electron chi connectivity index (χ2n) is 5.76. The molecule has 2 aromatic carbocycles. The van der Waals surface area contributed by atoms with Gasteiger partial charge in [-0.15, -0.1) is 0 Å². The molecule has 8 heteroatoms. The summed E-state index contributed by atoms with van der Waals surface area (Å²) in [7, 11) is 2.93. The van der Waals surface area contributed by atoms with E-state index in [4.69, 9.17) is 17.0 Å². The summed E-state index contributed by atoms with van der Waals surface area (Å²) in [5.74, 6) is 0.115. The van der Waals surface area contributed by atoms with E-state index in [1.165, 1.54) is 23.8 Å². The number of amides is 1. The van der Waals surface area contributed by atoms with Crippen LogP contribution in [0, 0.1) is 0 Å². The summed E-state index contributed by atoms with van der Waals surface area (Å²) in [5, 5.41) is 3.18. The minimum absolute atomic E-state index is 0.172. The number of benzene rings is 2. The molecule has 1 saturated heterocycles. The highest BCUT2D eigenvalue weighted by Gasteiger charge is 2.31. The van der Waals surface area contributed by atoms with Crippen molar-refractivity contribution in [2.45, 2.75) is 0 Å². The molecule has 0 saturated carbocycles. The molecule has 1 aliphatic heterocycles.